The molecule has 0 atom stereocenters. The number of imidazole rings is 1. The summed E-state index contributed by atoms with van der Waals surface area (Å²) in [5.74, 6) is -2.28. The Hall–Kier alpha value is -2.08. The maximum atomic E-state index is 13.2. The first-order valence-electron chi connectivity index (χ1n) is 5.35. The van der Waals surface area contributed by atoms with Crippen molar-refractivity contribution in [2.45, 2.75) is 0 Å². The minimum Gasteiger partial charge on any atom is -0.318 e. The van der Waals surface area contributed by atoms with E-state index in [0.29, 0.717) is 16.7 Å². The van der Waals surface area contributed by atoms with Gasteiger partial charge in [-0.15, -0.1) is 0 Å². The third-order valence-electron chi connectivity index (χ3n) is 2.71. The summed E-state index contributed by atoms with van der Waals surface area (Å²) in [5.41, 5.74) is 1.93. The smallest absolute Gasteiger partial charge is 0.249 e. The fraction of sp³-hybridized carbons (Fsp3) is 0.0833. The largest absolute Gasteiger partial charge is 0.318 e. The summed E-state index contributed by atoms with van der Waals surface area (Å²) in [7, 11) is 1.81. The quantitative estimate of drug-likeness (QED) is 0.644. The van der Waals surface area contributed by atoms with Gasteiger partial charge in [-0.3, -0.25) is 0 Å². The maximum absolute atomic E-state index is 13.2. The van der Waals surface area contributed by atoms with E-state index in [4.69, 9.17) is 11.6 Å². The van der Waals surface area contributed by atoms with Gasteiger partial charge >= 0.3 is 0 Å². The van der Waals surface area contributed by atoms with Crippen molar-refractivity contribution in [3.63, 3.8) is 0 Å². The standard InChI is InChI=1S/C12H7ClF2N4/c1-19-5-17-9-2-6(4-16-12(9)19)10-7(13)3-8(14)11(15)18-10/h2-5H,1H3. The highest BCUT2D eigenvalue weighted by molar-refractivity contribution is 6.33. The van der Waals surface area contributed by atoms with E-state index in [9.17, 15) is 8.78 Å². The van der Waals surface area contributed by atoms with Gasteiger partial charge in [0, 0.05) is 18.8 Å². The molecule has 0 radical (unpaired) electrons. The number of hydrogen-bond acceptors (Lipinski definition) is 3. The number of aryl methyl sites for hydroxylation is 1. The van der Waals surface area contributed by atoms with Crippen LogP contribution >= 0.6 is 11.6 Å². The van der Waals surface area contributed by atoms with Crippen molar-refractivity contribution in [1.82, 2.24) is 19.5 Å². The fourth-order valence-electron chi connectivity index (χ4n) is 1.79. The highest BCUT2D eigenvalue weighted by atomic mass is 35.5. The second-order valence-corrected chi connectivity index (χ2v) is 4.42. The molecule has 0 aliphatic carbocycles. The summed E-state index contributed by atoms with van der Waals surface area (Å²) < 4.78 is 27.9. The normalized spacial score (nSPS) is 11.2. The van der Waals surface area contributed by atoms with Gasteiger partial charge in [-0.05, 0) is 12.1 Å². The fourth-order valence-corrected chi connectivity index (χ4v) is 2.04. The molecule has 0 amide bonds. The average molecular weight is 281 g/mol. The first kappa shape index (κ1) is 12.0. The molecule has 96 valence electrons. The molecule has 7 heteroatoms. The van der Waals surface area contributed by atoms with Gasteiger partial charge < -0.3 is 4.57 Å². The van der Waals surface area contributed by atoms with E-state index in [2.05, 4.69) is 15.0 Å². The lowest BCUT2D eigenvalue weighted by Crippen LogP contribution is -1.95. The molecule has 0 fully saturated rings. The molecule has 0 saturated heterocycles. The molecule has 19 heavy (non-hydrogen) atoms. The van der Waals surface area contributed by atoms with Crippen molar-refractivity contribution in [2.24, 2.45) is 7.05 Å². The number of hydrogen-bond donors (Lipinski definition) is 0. The monoisotopic (exact) mass is 280 g/mol. The highest BCUT2D eigenvalue weighted by Gasteiger charge is 2.13. The zero-order valence-corrected chi connectivity index (χ0v) is 10.5. The lowest BCUT2D eigenvalue weighted by Gasteiger charge is -2.04. The topological polar surface area (TPSA) is 43.6 Å². The summed E-state index contributed by atoms with van der Waals surface area (Å²) in [5, 5.41) is 0.0241. The van der Waals surface area contributed by atoms with Crippen molar-refractivity contribution in [1.29, 1.82) is 0 Å². The van der Waals surface area contributed by atoms with Crippen LogP contribution in [0.3, 0.4) is 0 Å². The second-order valence-electron chi connectivity index (χ2n) is 4.01. The molecule has 0 spiro atoms. The molecule has 3 rings (SSSR count). The lowest BCUT2D eigenvalue weighted by atomic mass is 10.2. The Morgan fingerprint density at radius 2 is 2.00 bits per heavy atom. The van der Waals surface area contributed by atoms with Crippen LogP contribution in [0.4, 0.5) is 8.78 Å². The van der Waals surface area contributed by atoms with Crippen LogP contribution in [0.5, 0.6) is 0 Å². The Kier molecular flexibility index (Phi) is 2.67. The van der Waals surface area contributed by atoms with Gasteiger partial charge in [0.1, 0.15) is 5.52 Å². The number of fused-ring (bicyclic) bond motifs is 1. The van der Waals surface area contributed by atoms with Gasteiger partial charge in [-0.25, -0.2) is 19.3 Å². The Balaban J connectivity index is 2.21. The Morgan fingerprint density at radius 1 is 1.21 bits per heavy atom. The van der Waals surface area contributed by atoms with Crippen LogP contribution in [-0.2, 0) is 7.05 Å². The molecular weight excluding hydrogens is 274 g/mol. The minimum atomic E-state index is -1.19. The lowest BCUT2D eigenvalue weighted by molar-refractivity contribution is 0.480. The SMILES string of the molecule is Cn1cnc2cc(-c3nc(F)c(F)cc3Cl)cnc21. The number of nitrogens with zero attached hydrogens (tertiary/aromatic N) is 4. The molecule has 0 aromatic carbocycles. The Bertz CT molecular complexity index is 785. The van der Waals surface area contributed by atoms with Crippen LogP contribution in [0.15, 0.2) is 24.7 Å². The van der Waals surface area contributed by atoms with Gasteiger partial charge in [0.2, 0.25) is 5.95 Å². The zero-order valence-electron chi connectivity index (χ0n) is 9.73. The first-order chi connectivity index (χ1) is 9.06. The third kappa shape index (κ3) is 1.94. The molecule has 3 aromatic heterocycles. The second kappa shape index (κ2) is 4.24. The average Bonchev–Trinajstić information content (AvgIpc) is 2.75. The summed E-state index contributed by atoms with van der Waals surface area (Å²) in [6.07, 6.45) is 3.11. The molecule has 3 aromatic rings. The van der Waals surface area contributed by atoms with Crippen molar-refractivity contribution >= 4 is 22.8 Å². The molecule has 0 aliphatic heterocycles. The summed E-state index contributed by atoms with van der Waals surface area (Å²) >= 11 is 5.87. The Morgan fingerprint density at radius 3 is 2.79 bits per heavy atom. The van der Waals surface area contributed by atoms with Crippen molar-refractivity contribution in [3.8, 4) is 11.3 Å². The van der Waals surface area contributed by atoms with E-state index in [1.54, 1.807) is 17.0 Å². The number of halogens is 3. The van der Waals surface area contributed by atoms with Crippen LogP contribution in [0.25, 0.3) is 22.4 Å². The van der Waals surface area contributed by atoms with Crippen LogP contribution < -0.4 is 0 Å². The van der Waals surface area contributed by atoms with E-state index < -0.39 is 11.8 Å². The molecule has 0 unspecified atom stereocenters. The van der Waals surface area contributed by atoms with Gasteiger partial charge in [-0.2, -0.15) is 4.39 Å². The van der Waals surface area contributed by atoms with Gasteiger partial charge in [-0.1, -0.05) is 11.6 Å². The van der Waals surface area contributed by atoms with Crippen LogP contribution in [0.1, 0.15) is 0 Å². The molecule has 0 aliphatic rings. The van der Waals surface area contributed by atoms with E-state index in [0.717, 1.165) is 6.07 Å². The minimum absolute atomic E-state index is 0.0241. The number of aromatic nitrogens is 4. The number of rotatable bonds is 1. The maximum Gasteiger partial charge on any atom is 0.249 e. The first-order valence-corrected chi connectivity index (χ1v) is 5.73. The highest BCUT2D eigenvalue weighted by Crippen LogP contribution is 2.28. The van der Waals surface area contributed by atoms with Gasteiger partial charge in [0.25, 0.3) is 0 Å². The van der Waals surface area contributed by atoms with E-state index in [-0.39, 0.29) is 10.7 Å². The van der Waals surface area contributed by atoms with Crippen LogP contribution in [0, 0.1) is 11.8 Å². The van der Waals surface area contributed by atoms with Crippen molar-refractivity contribution < 1.29 is 8.78 Å². The van der Waals surface area contributed by atoms with E-state index in [1.807, 2.05) is 7.05 Å². The third-order valence-corrected chi connectivity index (χ3v) is 3.00. The van der Waals surface area contributed by atoms with Crippen molar-refractivity contribution in [2.75, 3.05) is 0 Å². The molecule has 4 nitrogen and oxygen atoms in total. The number of pyridine rings is 2. The molecular formula is C12H7ClF2N4. The summed E-state index contributed by atoms with van der Waals surface area (Å²) in [4.78, 5) is 11.8. The zero-order chi connectivity index (χ0) is 13.6. The molecule has 0 saturated carbocycles. The Labute approximate surface area is 111 Å². The van der Waals surface area contributed by atoms with Crippen LogP contribution in [0.2, 0.25) is 5.02 Å². The van der Waals surface area contributed by atoms with Gasteiger partial charge in [0.15, 0.2) is 11.5 Å². The van der Waals surface area contributed by atoms with Crippen LogP contribution in [-0.4, -0.2) is 19.5 Å². The predicted molar refractivity (Wildman–Crippen MR) is 66.7 cm³/mol. The molecule has 0 bridgehead atoms. The summed E-state index contributed by atoms with van der Waals surface area (Å²) in [6.45, 7) is 0. The van der Waals surface area contributed by atoms with E-state index in [1.165, 1.54) is 6.20 Å². The summed E-state index contributed by atoms with van der Waals surface area (Å²) in [6, 6.07) is 2.57. The van der Waals surface area contributed by atoms with Crippen molar-refractivity contribution in [3.05, 3.63) is 41.4 Å². The predicted octanol–water partition coefficient (Wildman–Crippen LogP) is 2.96. The molecule has 3 heterocycles. The van der Waals surface area contributed by atoms with Gasteiger partial charge in [0.05, 0.1) is 17.0 Å². The van der Waals surface area contributed by atoms with E-state index >= 15 is 0 Å². The molecule has 0 N–H and O–H groups in total.